The van der Waals surface area contributed by atoms with Crippen molar-refractivity contribution in [3.05, 3.63) is 11.4 Å². The Labute approximate surface area is 116 Å². The van der Waals surface area contributed by atoms with Gasteiger partial charge in [-0.25, -0.2) is 9.48 Å². The van der Waals surface area contributed by atoms with E-state index < -0.39 is 5.97 Å². The largest absolute Gasteiger partial charge is 0.461 e. The highest BCUT2D eigenvalue weighted by Gasteiger charge is 2.20. The molecule has 0 unspecified atom stereocenters. The number of halogens is 1. The molecule has 0 aliphatic heterocycles. The van der Waals surface area contributed by atoms with Crippen LogP contribution in [0.2, 0.25) is 0 Å². The molecule has 19 heavy (non-hydrogen) atoms. The van der Waals surface area contributed by atoms with Gasteiger partial charge >= 0.3 is 5.97 Å². The van der Waals surface area contributed by atoms with Gasteiger partial charge in [-0.2, -0.15) is 0 Å². The first kappa shape index (κ1) is 15.4. The summed E-state index contributed by atoms with van der Waals surface area (Å²) in [5, 5.41) is 10.3. The molecule has 0 aliphatic carbocycles. The molecule has 0 atom stereocenters. The minimum absolute atomic E-state index is 0.0799. The van der Waals surface area contributed by atoms with Crippen molar-refractivity contribution < 1.29 is 14.3 Å². The molecule has 1 rings (SSSR count). The molecule has 8 heteroatoms. The average Bonchev–Trinajstić information content (AvgIpc) is 2.80. The van der Waals surface area contributed by atoms with Crippen LogP contribution in [-0.2, 0) is 22.0 Å². The molecule has 1 aromatic heterocycles. The third-order valence-corrected chi connectivity index (χ3v) is 2.61. The van der Waals surface area contributed by atoms with Crippen LogP contribution in [0.15, 0.2) is 0 Å². The minimum atomic E-state index is -0.553. The summed E-state index contributed by atoms with van der Waals surface area (Å²) in [5.41, 5.74) is 0.567. The second-order valence-corrected chi connectivity index (χ2v) is 3.93. The van der Waals surface area contributed by atoms with Gasteiger partial charge in [-0.05, 0) is 13.8 Å². The first-order valence-electron chi connectivity index (χ1n) is 6.06. The van der Waals surface area contributed by atoms with Crippen LogP contribution in [-0.4, -0.2) is 40.0 Å². The van der Waals surface area contributed by atoms with E-state index in [0.717, 1.165) is 0 Å². The Bertz CT molecular complexity index is 447. The Kier molecular flexibility index (Phi) is 6.27. The lowest BCUT2D eigenvalue weighted by atomic mass is 10.3. The van der Waals surface area contributed by atoms with E-state index in [9.17, 15) is 9.59 Å². The standard InChI is InChI=1S/C11H17ClN4O3/c1-3-13-9(17)5-6-16-8(7-12)10(14-15-16)11(18)19-4-2/h3-7H2,1-2H3,(H,13,17). The van der Waals surface area contributed by atoms with Crippen molar-refractivity contribution in [1.82, 2.24) is 20.3 Å². The quantitative estimate of drug-likeness (QED) is 0.590. The average molecular weight is 289 g/mol. The predicted molar refractivity (Wildman–Crippen MR) is 68.8 cm³/mol. The van der Waals surface area contributed by atoms with Crippen LogP contribution >= 0.6 is 11.6 Å². The van der Waals surface area contributed by atoms with Gasteiger partial charge in [0.15, 0.2) is 5.69 Å². The lowest BCUT2D eigenvalue weighted by Gasteiger charge is -2.05. The summed E-state index contributed by atoms with van der Waals surface area (Å²) in [5.74, 6) is -0.560. The number of rotatable bonds is 7. The smallest absolute Gasteiger partial charge is 0.360 e. The molecule has 106 valence electrons. The maximum Gasteiger partial charge on any atom is 0.360 e. The Morgan fingerprint density at radius 3 is 2.74 bits per heavy atom. The molecule has 0 radical (unpaired) electrons. The summed E-state index contributed by atoms with van der Waals surface area (Å²) in [6, 6.07) is 0. The van der Waals surface area contributed by atoms with Crippen LogP contribution in [0.4, 0.5) is 0 Å². The molecule has 1 heterocycles. The zero-order chi connectivity index (χ0) is 14.3. The van der Waals surface area contributed by atoms with E-state index in [1.807, 2.05) is 6.92 Å². The Morgan fingerprint density at radius 1 is 1.42 bits per heavy atom. The van der Waals surface area contributed by atoms with Crippen molar-refractivity contribution >= 4 is 23.5 Å². The van der Waals surface area contributed by atoms with Crippen molar-refractivity contribution in [2.45, 2.75) is 32.7 Å². The SMILES string of the molecule is CCNC(=O)CCn1nnc(C(=O)OCC)c1CCl. The van der Waals surface area contributed by atoms with Gasteiger partial charge in [0.25, 0.3) is 0 Å². The van der Waals surface area contributed by atoms with Crippen LogP contribution in [0, 0.1) is 0 Å². The molecular weight excluding hydrogens is 272 g/mol. The predicted octanol–water partition coefficient (Wildman–Crippen LogP) is 0.720. The van der Waals surface area contributed by atoms with Gasteiger partial charge in [-0.3, -0.25) is 4.79 Å². The first-order chi connectivity index (χ1) is 9.13. The maximum atomic E-state index is 11.6. The molecule has 1 N–H and O–H groups in total. The monoisotopic (exact) mass is 288 g/mol. The van der Waals surface area contributed by atoms with Crippen LogP contribution in [0.3, 0.4) is 0 Å². The van der Waals surface area contributed by atoms with Crippen LogP contribution < -0.4 is 5.32 Å². The minimum Gasteiger partial charge on any atom is -0.461 e. The first-order valence-corrected chi connectivity index (χ1v) is 6.59. The van der Waals surface area contributed by atoms with Gasteiger partial charge in [0.2, 0.25) is 5.91 Å². The molecule has 0 spiro atoms. The zero-order valence-corrected chi connectivity index (χ0v) is 11.7. The number of esters is 1. The lowest BCUT2D eigenvalue weighted by Crippen LogP contribution is -2.24. The molecule has 0 aromatic carbocycles. The van der Waals surface area contributed by atoms with E-state index in [1.165, 1.54) is 4.68 Å². The maximum absolute atomic E-state index is 11.6. The Hall–Kier alpha value is -1.63. The van der Waals surface area contributed by atoms with Gasteiger partial charge in [0, 0.05) is 13.0 Å². The Morgan fingerprint density at radius 2 is 2.16 bits per heavy atom. The molecular formula is C11H17ClN4O3. The number of amides is 1. The van der Waals surface area contributed by atoms with E-state index in [0.29, 0.717) is 18.8 Å². The van der Waals surface area contributed by atoms with Gasteiger partial charge in [-0.1, -0.05) is 5.21 Å². The number of hydrogen-bond acceptors (Lipinski definition) is 5. The van der Waals surface area contributed by atoms with Crippen molar-refractivity contribution in [2.24, 2.45) is 0 Å². The number of aromatic nitrogens is 3. The third-order valence-electron chi connectivity index (χ3n) is 2.36. The van der Waals surface area contributed by atoms with Gasteiger partial charge < -0.3 is 10.1 Å². The topological polar surface area (TPSA) is 86.1 Å². The molecule has 0 bridgehead atoms. The van der Waals surface area contributed by atoms with E-state index >= 15 is 0 Å². The molecule has 1 aromatic rings. The summed E-state index contributed by atoms with van der Waals surface area (Å²) < 4.78 is 6.31. The summed E-state index contributed by atoms with van der Waals surface area (Å²) in [6.07, 6.45) is 0.253. The highest BCUT2D eigenvalue weighted by Crippen LogP contribution is 2.11. The number of carbonyl (C=O) groups is 2. The number of hydrogen-bond donors (Lipinski definition) is 1. The second kappa shape index (κ2) is 7.73. The van der Waals surface area contributed by atoms with Crippen LogP contribution in [0.1, 0.15) is 36.5 Å². The molecule has 0 saturated carbocycles. The molecule has 0 fully saturated rings. The van der Waals surface area contributed by atoms with Crippen molar-refractivity contribution in [3.63, 3.8) is 0 Å². The third kappa shape index (κ3) is 4.20. The van der Waals surface area contributed by atoms with E-state index in [1.54, 1.807) is 6.92 Å². The van der Waals surface area contributed by atoms with E-state index in [4.69, 9.17) is 16.3 Å². The van der Waals surface area contributed by atoms with Gasteiger partial charge in [-0.15, -0.1) is 16.7 Å². The number of aryl methyl sites for hydroxylation is 1. The molecule has 0 saturated heterocycles. The zero-order valence-electron chi connectivity index (χ0n) is 11.0. The summed E-state index contributed by atoms with van der Waals surface area (Å²) in [4.78, 5) is 23.0. The fourth-order valence-electron chi connectivity index (χ4n) is 1.50. The summed E-state index contributed by atoms with van der Waals surface area (Å²) in [6.45, 7) is 4.70. The fraction of sp³-hybridized carbons (Fsp3) is 0.636. The van der Waals surface area contributed by atoms with E-state index in [2.05, 4.69) is 15.6 Å². The van der Waals surface area contributed by atoms with Crippen molar-refractivity contribution in [2.75, 3.05) is 13.2 Å². The van der Waals surface area contributed by atoms with Gasteiger partial charge in [0.1, 0.15) is 0 Å². The van der Waals surface area contributed by atoms with Gasteiger partial charge in [0.05, 0.1) is 24.7 Å². The fourth-order valence-corrected chi connectivity index (χ4v) is 1.76. The van der Waals surface area contributed by atoms with Crippen molar-refractivity contribution in [1.29, 1.82) is 0 Å². The number of nitrogens with one attached hydrogen (secondary N) is 1. The number of ether oxygens (including phenoxy) is 1. The summed E-state index contributed by atoms with van der Waals surface area (Å²) >= 11 is 5.79. The molecule has 7 nitrogen and oxygen atoms in total. The second-order valence-electron chi connectivity index (χ2n) is 3.67. The number of nitrogens with zero attached hydrogens (tertiary/aromatic N) is 3. The lowest BCUT2D eigenvalue weighted by molar-refractivity contribution is -0.121. The molecule has 0 aliphatic rings. The van der Waals surface area contributed by atoms with Crippen molar-refractivity contribution in [3.8, 4) is 0 Å². The van der Waals surface area contributed by atoms with E-state index in [-0.39, 0.29) is 30.5 Å². The highest BCUT2D eigenvalue weighted by molar-refractivity contribution is 6.17. The number of carbonyl (C=O) groups excluding carboxylic acids is 2. The highest BCUT2D eigenvalue weighted by atomic mass is 35.5. The molecule has 1 amide bonds. The number of alkyl halides is 1. The van der Waals surface area contributed by atoms with Crippen LogP contribution in [0.5, 0.6) is 0 Å². The normalized spacial score (nSPS) is 10.3. The van der Waals surface area contributed by atoms with Crippen LogP contribution in [0.25, 0.3) is 0 Å². The summed E-state index contributed by atoms with van der Waals surface area (Å²) in [7, 11) is 0. The Balaban J connectivity index is 2.74.